The van der Waals surface area contributed by atoms with Crippen molar-refractivity contribution < 1.29 is 9.47 Å². The summed E-state index contributed by atoms with van der Waals surface area (Å²) < 4.78 is 10.3. The molecule has 2 heteroatoms. The topological polar surface area (TPSA) is 18.5 Å². The third-order valence-corrected chi connectivity index (χ3v) is 0.803. The smallest absolute Gasteiger partial charge is 0.147 e. The predicted molar refractivity (Wildman–Crippen MR) is 37.3 cm³/mol. The summed E-state index contributed by atoms with van der Waals surface area (Å²) in [5.74, 6) is 0. The maximum absolute atomic E-state index is 5.13. The van der Waals surface area contributed by atoms with Crippen molar-refractivity contribution in [1.82, 2.24) is 0 Å². The van der Waals surface area contributed by atoms with Gasteiger partial charge in [-0.25, -0.2) is 0 Å². The predicted octanol–water partition coefficient (Wildman–Crippen LogP) is 1.79. The lowest BCUT2D eigenvalue weighted by Crippen LogP contribution is -2.11. The minimum absolute atomic E-state index is 0.267. The second-order valence-electron chi connectivity index (χ2n) is 2.55. The molecule has 0 heterocycles. The Labute approximate surface area is 57.2 Å². The van der Waals surface area contributed by atoms with Gasteiger partial charge >= 0.3 is 0 Å². The maximum atomic E-state index is 5.13. The Hall–Kier alpha value is -0.0800. The lowest BCUT2D eigenvalue weighted by Gasteiger charge is -2.09. The molecule has 0 aromatic heterocycles. The molecule has 0 radical (unpaired) electrons. The van der Waals surface area contributed by atoms with Crippen LogP contribution in [0.25, 0.3) is 0 Å². The summed E-state index contributed by atoms with van der Waals surface area (Å²) in [7, 11) is 0. The van der Waals surface area contributed by atoms with Gasteiger partial charge in [-0.15, -0.1) is 0 Å². The number of hydrogen-bond donors (Lipinski definition) is 0. The third kappa shape index (κ3) is 7.92. The van der Waals surface area contributed by atoms with E-state index < -0.39 is 0 Å². The van der Waals surface area contributed by atoms with Crippen molar-refractivity contribution in [2.24, 2.45) is 0 Å². The van der Waals surface area contributed by atoms with Crippen molar-refractivity contribution in [2.75, 3.05) is 6.79 Å². The highest BCUT2D eigenvalue weighted by Gasteiger charge is 1.94. The normalized spacial score (nSPS) is 11.3. The van der Waals surface area contributed by atoms with E-state index in [2.05, 4.69) is 0 Å². The number of hydrogen-bond acceptors (Lipinski definition) is 2. The number of rotatable bonds is 4. The van der Waals surface area contributed by atoms with Gasteiger partial charge < -0.3 is 9.47 Å². The van der Waals surface area contributed by atoms with E-state index in [4.69, 9.17) is 9.47 Å². The van der Waals surface area contributed by atoms with Crippen LogP contribution in [0.4, 0.5) is 0 Å². The zero-order valence-corrected chi connectivity index (χ0v) is 6.68. The molecule has 0 aromatic carbocycles. The first-order valence-electron chi connectivity index (χ1n) is 3.36. The molecule has 0 unspecified atom stereocenters. The van der Waals surface area contributed by atoms with Gasteiger partial charge in [0.15, 0.2) is 0 Å². The standard InChI is InChI=1S/C7H16O2/c1-6(2)8-5-9-7(3)4/h6-7H,5H2,1-4H3. The van der Waals surface area contributed by atoms with Crippen molar-refractivity contribution in [2.45, 2.75) is 39.9 Å². The van der Waals surface area contributed by atoms with Gasteiger partial charge in [0.05, 0.1) is 12.2 Å². The second kappa shape index (κ2) is 4.77. The molecule has 0 saturated heterocycles. The molecule has 0 atom stereocenters. The molecule has 0 amide bonds. The molecule has 0 aliphatic heterocycles. The fourth-order valence-electron chi connectivity index (χ4n) is 0.311. The van der Waals surface area contributed by atoms with Crippen molar-refractivity contribution >= 4 is 0 Å². The molecule has 0 spiro atoms. The largest absolute Gasteiger partial charge is 0.353 e. The molecule has 0 bridgehead atoms. The van der Waals surface area contributed by atoms with Gasteiger partial charge in [0.1, 0.15) is 6.79 Å². The van der Waals surface area contributed by atoms with Crippen molar-refractivity contribution in [3.63, 3.8) is 0 Å². The van der Waals surface area contributed by atoms with E-state index in [-0.39, 0.29) is 12.2 Å². The first-order valence-corrected chi connectivity index (χ1v) is 3.36. The van der Waals surface area contributed by atoms with Crippen LogP contribution in [0.2, 0.25) is 0 Å². The Bertz CT molecular complexity index is 51.9. The SMILES string of the molecule is CC(C)OCOC(C)C. The van der Waals surface area contributed by atoms with Crippen LogP contribution in [-0.4, -0.2) is 19.0 Å². The molecular weight excluding hydrogens is 116 g/mol. The lowest BCUT2D eigenvalue weighted by molar-refractivity contribution is -0.0994. The molecule has 0 aliphatic rings. The van der Waals surface area contributed by atoms with Crippen LogP contribution in [0.15, 0.2) is 0 Å². The zero-order chi connectivity index (χ0) is 7.28. The first kappa shape index (κ1) is 8.92. The van der Waals surface area contributed by atoms with Gasteiger partial charge in [-0.2, -0.15) is 0 Å². The first-order chi connectivity index (χ1) is 4.13. The molecule has 0 saturated carbocycles. The van der Waals surface area contributed by atoms with Crippen LogP contribution in [0, 0.1) is 0 Å². The average molecular weight is 132 g/mol. The minimum Gasteiger partial charge on any atom is -0.353 e. The van der Waals surface area contributed by atoms with Crippen LogP contribution in [0.3, 0.4) is 0 Å². The molecule has 9 heavy (non-hydrogen) atoms. The van der Waals surface area contributed by atoms with Gasteiger partial charge in [-0.1, -0.05) is 0 Å². The average Bonchev–Trinajstić information content (AvgIpc) is 1.63. The van der Waals surface area contributed by atoms with E-state index >= 15 is 0 Å². The fraction of sp³-hybridized carbons (Fsp3) is 1.00. The Morgan fingerprint density at radius 3 is 1.44 bits per heavy atom. The monoisotopic (exact) mass is 132 g/mol. The van der Waals surface area contributed by atoms with E-state index in [1.54, 1.807) is 0 Å². The van der Waals surface area contributed by atoms with Crippen LogP contribution in [-0.2, 0) is 9.47 Å². The summed E-state index contributed by atoms with van der Waals surface area (Å²) in [6.07, 6.45) is 0.535. The Kier molecular flexibility index (Phi) is 4.72. The summed E-state index contributed by atoms with van der Waals surface area (Å²) in [6.45, 7) is 8.37. The minimum atomic E-state index is 0.267. The van der Waals surface area contributed by atoms with Gasteiger partial charge in [0.25, 0.3) is 0 Å². The molecule has 0 fully saturated rings. The molecule has 2 nitrogen and oxygen atoms in total. The highest BCUT2D eigenvalue weighted by Crippen LogP contribution is 1.91. The Morgan fingerprint density at radius 2 is 1.22 bits per heavy atom. The summed E-state index contributed by atoms with van der Waals surface area (Å²) in [5.41, 5.74) is 0. The summed E-state index contributed by atoms with van der Waals surface area (Å²) >= 11 is 0. The van der Waals surface area contributed by atoms with Crippen LogP contribution >= 0.6 is 0 Å². The quantitative estimate of drug-likeness (QED) is 0.543. The van der Waals surface area contributed by atoms with E-state index in [1.807, 2.05) is 27.7 Å². The van der Waals surface area contributed by atoms with E-state index in [9.17, 15) is 0 Å². The van der Waals surface area contributed by atoms with Crippen molar-refractivity contribution in [3.8, 4) is 0 Å². The third-order valence-electron chi connectivity index (χ3n) is 0.803. The van der Waals surface area contributed by atoms with Crippen LogP contribution in [0.5, 0.6) is 0 Å². The maximum Gasteiger partial charge on any atom is 0.147 e. The van der Waals surface area contributed by atoms with E-state index in [0.29, 0.717) is 6.79 Å². The fourth-order valence-corrected chi connectivity index (χ4v) is 0.311. The Balaban J connectivity index is 2.91. The molecule has 0 aromatic rings. The van der Waals surface area contributed by atoms with Gasteiger partial charge in [-0.3, -0.25) is 0 Å². The highest BCUT2D eigenvalue weighted by molar-refractivity contribution is 4.34. The summed E-state index contributed by atoms with van der Waals surface area (Å²) in [6, 6.07) is 0. The van der Waals surface area contributed by atoms with Crippen LogP contribution < -0.4 is 0 Å². The second-order valence-corrected chi connectivity index (χ2v) is 2.55. The number of ether oxygens (including phenoxy) is 2. The summed E-state index contributed by atoms with van der Waals surface area (Å²) in [4.78, 5) is 0. The zero-order valence-electron chi connectivity index (χ0n) is 6.68. The van der Waals surface area contributed by atoms with E-state index in [0.717, 1.165) is 0 Å². The van der Waals surface area contributed by atoms with E-state index in [1.165, 1.54) is 0 Å². The van der Waals surface area contributed by atoms with Gasteiger partial charge in [0.2, 0.25) is 0 Å². The van der Waals surface area contributed by atoms with Crippen molar-refractivity contribution in [3.05, 3.63) is 0 Å². The highest BCUT2D eigenvalue weighted by atomic mass is 16.7. The van der Waals surface area contributed by atoms with Crippen LogP contribution in [0.1, 0.15) is 27.7 Å². The van der Waals surface area contributed by atoms with Gasteiger partial charge in [-0.05, 0) is 27.7 Å². The Morgan fingerprint density at radius 1 is 0.889 bits per heavy atom. The molecule has 0 N–H and O–H groups in total. The molecule has 0 aliphatic carbocycles. The molecule has 56 valence electrons. The molecular formula is C7H16O2. The summed E-state index contributed by atoms with van der Waals surface area (Å²) in [5, 5.41) is 0. The van der Waals surface area contributed by atoms with Gasteiger partial charge in [0, 0.05) is 0 Å². The molecule has 0 rings (SSSR count). The van der Waals surface area contributed by atoms with Crippen molar-refractivity contribution in [1.29, 1.82) is 0 Å². The lowest BCUT2D eigenvalue weighted by atomic mass is 10.5.